The molecular weight excluding hydrogens is 400 g/mol. The van der Waals surface area contributed by atoms with Crippen LogP contribution in [-0.4, -0.2) is 46.2 Å². The molecule has 1 aliphatic rings. The van der Waals surface area contributed by atoms with E-state index in [1.54, 1.807) is 0 Å². The highest BCUT2D eigenvalue weighted by Crippen LogP contribution is 2.29. The minimum Gasteiger partial charge on any atom is -0.491 e. The highest BCUT2D eigenvalue weighted by Gasteiger charge is 2.33. The van der Waals surface area contributed by atoms with E-state index in [2.05, 4.69) is 4.98 Å². The van der Waals surface area contributed by atoms with Gasteiger partial charge in [-0.3, -0.25) is 4.79 Å². The standard InChI is InChI=1S/C24H27ClN2O3/c1-16-12-19(13-17(2)22(16)25)30-15-24(29)8-5-10-27(11-9-24)23(28)21-14-18-6-3-4-7-20(18)26-21/h3-4,6-7,12-14,26,29H,5,8-11,15H2,1-2H3. The summed E-state index contributed by atoms with van der Waals surface area (Å²) in [5.74, 6) is 0.679. The van der Waals surface area contributed by atoms with Gasteiger partial charge in [0.2, 0.25) is 0 Å². The fourth-order valence-corrected chi connectivity index (χ4v) is 4.20. The Kier molecular flexibility index (Phi) is 5.76. The fraction of sp³-hybridized carbons (Fsp3) is 0.375. The van der Waals surface area contributed by atoms with Crippen molar-refractivity contribution in [1.29, 1.82) is 0 Å². The third kappa shape index (κ3) is 4.32. The number of nitrogens with zero attached hydrogens (tertiary/aromatic N) is 1. The number of likely N-dealkylation sites (tertiary alicyclic amines) is 1. The molecule has 30 heavy (non-hydrogen) atoms. The number of halogens is 1. The number of fused-ring (bicyclic) bond motifs is 1. The van der Waals surface area contributed by atoms with Crippen molar-refractivity contribution in [3.05, 3.63) is 64.3 Å². The van der Waals surface area contributed by atoms with Gasteiger partial charge in [0.05, 0.1) is 0 Å². The van der Waals surface area contributed by atoms with Gasteiger partial charge < -0.3 is 19.7 Å². The average molecular weight is 427 g/mol. The van der Waals surface area contributed by atoms with E-state index in [-0.39, 0.29) is 12.5 Å². The summed E-state index contributed by atoms with van der Waals surface area (Å²) in [7, 11) is 0. The number of H-pyrrole nitrogens is 1. The molecule has 5 nitrogen and oxygen atoms in total. The number of ether oxygens (including phenoxy) is 1. The van der Waals surface area contributed by atoms with Gasteiger partial charge in [0.1, 0.15) is 23.7 Å². The normalized spacial score (nSPS) is 19.7. The molecule has 1 fully saturated rings. The molecule has 2 aromatic carbocycles. The van der Waals surface area contributed by atoms with E-state index in [0.717, 1.165) is 33.5 Å². The molecule has 0 spiro atoms. The number of amides is 1. The molecule has 0 bridgehead atoms. The van der Waals surface area contributed by atoms with Crippen LogP contribution in [0.15, 0.2) is 42.5 Å². The van der Waals surface area contributed by atoms with Crippen LogP contribution in [0.5, 0.6) is 5.75 Å². The number of hydrogen-bond acceptors (Lipinski definition) is 3. The van der Waals surface area contributed by atoms with Crippen molar-refractivity contribution in [2.24, 2.45) is 0 Å². The van der Waals surface area contributed by atoms with Gasteiger partial charge in [-0.25, -0.2) is 0 Å². The molecule has 1 aliphatic heterocycles. The van der Waals surface area contributed by atoms with Crippen LogP contribution in [-0.2, 0) is 0 Å². The number of aromatic nitrogens is 1. The predicted molar refractivity (Wildman–Crippen MR) is 119 cm³/mol. The van der Waals surface area contributed by atoms with Crippen LogP contribution in [0.1, 0.15) is 40.9 Å². The molecule has 4 rings (SSSR count). The monoisotopic (exact) mass is 426 g/mol. The summed E-state index contributed by atoms with van der Waals surface area (Å²) in [6.45, 7) is 5.19. The van der Waals surface area contributed by atoms with E-state index in [1.807, 2.05) is 61.2 Å². The second-order valence-electron chi connectivity index (χ2n) is 8.30. The number of benzene rings is 2. The maximum Gasteiger partial charge on any atom is 0.270 e. The minimum atomic E-state index is -0.961. The summed E-state index contributed by atoms with van der Waals surface area (Å²) in [4.78, 5) is 18.0. The predicted octanol–water partition coefficient (Wildman–Crippen LogP) is 4.87. The number of aromatic amines is 1. The van der Waals surface area contributed by atoms with Crippen LogP contribution in [0, 0.1) is 13.8 Å². The SMILES string of the molecule is Cc1cc(OCC2(O)CCCN(C(=O)c3cc4ccccc4[nH]3)CC2)cc(C)c1Cl. The second kappa shape index (κ2) is 8.32. The van der Waals surface area contributed by atoms with Gasteiger partial charge in [0, 0.05) is 29.0 Å². The molecule has 3 aromatic rings. The molecule has 0 saturated carbocycles. The van der Waals surface area contributed by atoms with E-state index in [4.69, 9.17) is 16.3 Å². The Labute approximate surface area is 181 Å². The van der Waals surface area contributed by atoms with E-state index in [9.17, 15) is 9.90 Å². The number of rotatable bonds is 4. The van der Waals surface area contributed by atoms with Crippen molar-refractivity contribution in [2.75, 3.05) is 19.7 Å². The lowest BCUT2D eigenvalue weighted by molar-refractivity contribution is -0.0163. The third-order valence-electron chi connectivity index (χ3n) is 5.88. The zero-order valence-electron chi connectivity index (χ0n) is 17.4. The van der Waals surface area contributed by atoms with Crippen LogP contribution < -0.4 is 4.74 Å². The number of carbonyl (C=O) groups excluding carboxylic acids is 1. The molecule has 1 atom stereocenters. The molecule has 1 saturated heterocycles. The first-order valence-corrected chi connectivity index (χ1v) is 10.7. The maximum atomic E-state index is 13.0. The summed E-state index contributed by atoms with van der Waals surface area (Å²) in [5.41, 5.74) is 2.49. The molecular formula is C24H27ClN2O3. The lowest BCUT2D eigenvalue weighted by Crippen LogP contribution is -2.38. The molecule has 1 amide bonds. The first-order chi connectivity index (χ1) is 14.3. The quantitative estimate of drug-likeness (QED) is 0.625. The Balaban J connectivity index is 1.40. The summed E-state index contributed by atoms with van der Waals surface area (Å²) in [6.07, 6.45) is 1.80. The zero-order chi connectivity index (χ0) is 21.3. The smallest absolute Gasteiger partial charge is 0.270 e. The number of para-hydroxylation sites is 1. The maximum absolute atomic E-state index is 13.0. The summed E-state index contributed by atoms with van der Waals surface area (Å²) in [6, 6.07) is 13.5. The number of aliphatic hydroxyl groups is 1. The van der Waals surface area contributed by atoms with Gasteiger partial charge in [-0.05, 0) is 68.5 Å². The lowest BCUT2D eigenvalue weighted by Gasteiger charge is -2.27. The van der Waals surface area contributed by atoms with E-state index in [1.165, 1.54) is 0 Å². The van der Waals surface area contributed by atoms with Gasteiger partial charge in [-0.15, -0.1) is 0 Å². The molecule has 0 aliphatic carbocycles. The molecule has 1 unspecified atom stereocenters. The van der Waals surface area contributed by atoms with Crippen molar-refractivity contribution in [3.63, 3.8) is 0 Å². The Morgan fingerprint density at radius 2 is 1.90 bits per heavy atom. The average Bonchev–Trinajstić information content (AvgIpc) is 3.07. The summed E-state index contributed by atoms with van der Waals surface area (Å²) >= 11 is 6.22. The Hall–Kier alpha value is -2.50. The van der Waals surface area contributed by atoms with Gasteiger partial charge in [0.25, 0.3) is 5.91 Å². The van der Waals surface area contributed by atoms with Crippen molar-refractivity contribution >= 4 is 28.4 Å². The topological polar surface area (TPSA) is 65.6 Å². The van der Waals surface area contributed by atoms with E-state index in [0.29, 0.717) is 37.4 Å². The molecule has 158 valence electrons. The van der Waals surface area contributed by atoms with Gasteiger partial charge in [-0.1, -0.05) is 29.8 Å². The molecule has 6 heteroatoms. The van der Waals surface area contributed by atoms with Crippen LogP contribution in [0.25, 0.3) is 10.9 Å². The number of nitrogens with one attached hydrogen (secondary N) is 1. The second-order valence-corrected chi connectivity index (χ2v) is 8.68. The van der Waals surface area contributed by atoms with Crippen molar-refractivity contribution in [1.82, 2.24) is 9.88 Å². The first-order valence-electron chi connectivity index (χ1n) is 10.3. The fourth-order valence-electron chi connectivity index (χ4n) is 4.09. The number of carbonyl (C=O) groups is 1. The van der Waals surface area contributed by atoms with Gasteiger partial charge >= 0.3 is 0 Å². The minimum absolute atomic E-state index is 0.0275. The molecule has 1 aromatic heterocycles. The van der Waals surface area contributed by atoms with Crippen molar-refractivity contribution in [3.8, 4) is 5.75 Å². The van der Waals surface area contributed by atoms with E-state index >= 15 is 0 Å². The summed E-state index contributed by atoms with van der Waals surface area (Å²) < 4.78 is 5.92. The van der Waals surface area contributed by atoms with Gasteiger partial charge in [0.15, 0.2) is 0 Å². The molecule has 2 N–H and O–H groups in total. The van der Waals surface area contributed by atoms with Crippen LogP contribution in [0.4, 0.5) is 0 Å². The van der Waals surface area contributed by atoms with Crippen molar-refractivity contribution < 1.29 is 14.6 Å². The zero-order valence-corrected chi connectivity index (χ0v) is 18.1. The molecule has 2 heterocycles. The van der Waals surface area contributed by atoms with Crippen molar-refractivity contribution in [2.45, 2.75) is 38.7 Å². The van der Waals surface area contributed by atoms with Crippen LogP contribution in [0.2, 0.25) is 5.02 Å². The Bertz CT molecular complexity index is 1020. The van der Waals surface area contributed by atoms with Gasteiger partial charge in [-0.2, -0.15) is 0 Å². The lowest BCUT2D eigenvalue weighted by atomic mass is 9.96. The summed E-state index contributed by atoms with van der Waals surface area (Å²) in [5, 5.41) is 12.9. The highest BCUT2D eigenvalue weighted by molar-refractivity contribution is 6.32. The Morgan fingerprint density at radius 3 is 2.63 bits per heavy atom. The largest absolute Gasteiger partial charge is 0.491 e. The number of aryl methyl sites for hydroxylation is 2. The van der Waals surface area contributed by atoms with Crippen LogP contribution in [0.3, 0.4) is 0 Å². The van der Waals surface area contributed by atoms with Crippen LogP contribution >= 0.6 is 11.6 Å². The highest BCUT2D eigenvalue weighted by atomic mass is 35.5. The third-order valence-corrected chi connectivity index (χ3v) is 6.48. The number of hydrogen-bond donors (Lipinski definition) is 2. The Morgan fingerprint density at radius 1 is 1.17 bits per heavy atom. The molecule has 0 radical (unpaired) electrons. The van der Waals surface area contributed by atoms with E-state index < -0.39 is 5.60 Å². The first kappa shape index (κ1) is 20.8.